The fourth-order valence-electron chi connectivity index (χ4n) is 3.12. The van der Waals surface area contributed by atoms with E-state index in [0.29, 0.717) is 6.04 Å². The van der Waals surface area contributed by atoms with E-state index >= 15 is 0 Å². The van der Waals surface area contributed by atoms with Gasteiger partial charge in [-0.15, -0.1) is 0 Å². The van der Waals surface area contributed by atoms with Crippen molar-refractivity contribution < 1.29 is 0 Å². The lowest BCUT2D eigenvalue weighted by Crippen LogP contribution is -2.21. The Kier molecular flexibility index (Phi) is 4.92. The van der Waals surface area contributed by atoms with Crippen molar-refractivity contribution in [1.29, 1.82) is 0 Å². The fourth-order valence-corrected chi connectivity index (χ4v) is 3.12. The maximum absolute atomic E-state index is 3.70. The molecule has 1 heterocycles. The molecule has 1 aliphatic heterocycles. The highest BCUT2D eigenvalue weighted by molar-refractivity contribution is 5.55. The summed E-state index contributed by atoms with van der Waals surface area (Å²) in [6, 6.07) is 19.7. The molecule has 0 aliphatic carbocycles. The molecule has 1 N–H and O–H groups in total. The van der Waals surface area contributed by atoms with Crippen molar-refractivity contribution in [1.82, 2.24) is 5.32 Å². The Morgan fingerprint density at radius 2 is 1.86 bits per heavy atom. The molecule has 114 valence electrons. The minimum absolute atomic E-state index is 0.446. The normalized spacial score (nSPS) is 18.2. The van der Waals surface area contributed by atoms with Crippen molar-refractivity contribution in [2.45, 2.75) is 18.9 Å². The number of nitrogens with zero attached hydrogens (tertiary/aromatic N) is 1. The third-order valence-corrected chi connectivity index (χ3v) is 4.30. The smallest absolute Gasteiger partial charge is 0.0412 e. The van der Waals surface area contributed by atoms with Gasteiger partial charge < -0.3 is 10.2 Å². The van der Waals surface area contributed by atoms with Crippen LogP contribution in [0.4, 0.5) is 5.69 Å². The summed E-state index contributed by atoms with van der Waals surface area (Å²) in [7, 11) is 2.19. The van der Waals surface area contributed by atoms with Crippen LogP contribution < -0.4 is 10.2 Å². The van der Waals surface area contributed by atoms with Gasteiger partial charge in [0.05, 0.1) is 0 Å². The van der Waals surface area contributed by atoms with Gasteiger partial charge in [0.1, 0.15) is 0 Å². The van der Waals surface area contributed by atoms with E-state index in [1.54, 1.807) is 0 Å². The topological polar surface area (TPSA) is 15.3 Å². The van der Waals surface area contributed by atoms with Crippen LogP contribution in [-0.4, -0.2) is 20.1 Å². The van der Waals surface area contributed by atoms with Crippen molar-refractivity contribution in [3.8, 4) is 0 Å². The molecular weight excluding hydrogens is 268 g/mol. The Balaban J connectivity index is 1.65. The van der Waals surface area contributed by atoms with Crippen molar-refractivity contribution >= 4 is 11.8 Å². The lowest BCUT2D eigenvalue weighted by atomic mass is 10.0. The summed E-state index contributed by atoms with van der Waals surface area (Å²) < 4.78 is 0. The summed E-state index contributed by atoms with van der Waals surface area (Å²) in [6.07, 6.45) is 6.82. The van der Waals surface area contributed by atoms with Crippen LogP contribution in [0.1, 0.15) is 30.0 Å². The second kappa shape index (κ2) is 7.28. The highest BCUT2D eigenvalue weighted by atomic mass is 15.1. The van der Waals surface area contributed by atoms with Gasteiger partial charge >= 0.3 is 0 Å². The van der Waals surface area contributed by atoms with Crippen LogP contribution in [0.2, 0.25) is 0 Å². The van der Waals surface area contributed by atoms with Gasteiger partial charge in [-0.25, -0.2) is 0 Å². The number of rotatable bonds is 4. The van der Waals surface area contributed by atoms with Crippen LogP contribution in [-0.2, 0) is 0 Å². The van der Waals surface area contributed by atoms with E-state index < -0.39 is 0 Å². The average Bonchev–Trinajstić information content (AvgIpc) is 2.73. The fraction of sp³-hybridized carbons (Fsp3) is 0.300. The predicted molar refractivity (Wildman–Crippen MR) is 95.2 cm³/mol. The number of hydrogen-bond acceptors (Lipinski definition) is 2. The maximum atomic E-state index is 3.70. The summed E-state index contributed by atoms with van der Waals surface area (Å²) in [5.41, 5.74) is 4.05. The van der Waals surface area contributed by atoms with E-state index in [9.17, 15) is 0 Å². The molecule has 22 heavy (non-hydrogen) atoms. The Hall–Kier alpha value is -2.06. The second-order valence-corrected chi connectivity index (χ2v) is 5.90. The first-order valence-electron chi connectivity index (χ1n) is 8.09. The molecule has 2 aromatic carbocycles. The molecule has 0 bridgehead atoms. The highest BCUT2D eigenvalue weighted by Gasteiger charge is 2.19. The zero-order valence-corrected chi connectivity index (χ0v) is 13.2. The van der Waals surface area contributed by atoms with Crippen LogP contribution in [0, 0.1) is 0 Å². The van der Waals surface area contributed by atoms with Gasteiger partial charge in [0.25, 0.3) is 0 Å². The van der Waals surface area contributed by atoms with Gasteiger partial charge in [-0.1, -0.05) is 60.7 Å². The summed E-state index contributed by atoms with van der Waals surface area (Å²) in [6.45, 7) is 2.03. The largest absolute Gasteiger partial charge is 0.374 e. The molecule has 0 saturated carbocycles. The van der Waals surface area contributed by atoms with E-state index in [1.807, 2.05) is 0 Å². The molecule has 1 atom stereocenters. The number of anilines is 1. The summed E-state index contributed by atoms with van der Waals surface area (Å²) in [5.74, 6) is 0. The molecule has 1 aliphatic rings. The van der Waals surface area contributed by atoms with Crippen molar-refractivity contribution in [3.05, 3.63) is 71.8 Å². The van der Waals surface area contributed by atoms with E-state index in [4.69, 9.17) is 0 Å². The van der Waals surface area contributed by atoms with Crippen molar-refractivity contribution in [2.24, 2.45) is 0 Å². The second-order valence-electron chi connectivity index (χ2n) is 5.90. The van der Waals surface area contributed by atoms with Crippen LogP contribution >= 0.6 is 0 Å². The number of para-hydroxylation sites is 1. The molecule has 0 radical (unpaired) electrons. The quantitative estimate of drug-likeness (QED) is 0.905. The molecule has 0 aromatic heterocycles. The third kappa shape index (κ3) is 3.58. The summed E-state index contributed by atoms with van der Waals surface area (Å²) in [5, 5.41) is 3.70. The highest BCUT2D eigenvalue weighted by Crippen LogP contribution is 2.31. The van der Waals surface area contributed by atoms with Gasteiger partial charge in [0.2, 0.25) is 0 Å². The first-order valence-corrected chi connectivity index (χ1v) is 8.09. The van der Waals surface area contributed by atoms with Gasteiger partial charge in [-0.3, -0.25) is 0 Å². The van der Waals surface area contributed by atoms with E-state index in [2.05, 4.69) is 84.0 Å². The van der Waals surface area contributed by atoms with E-state index in [0.717, 1.165) is 13.1 Å². The lowest BCUT2D eigenvalue weighted by Gasteiger charge is -2.21. The number of fused-ring (bicyclic) bond motifs is 1. The maximum Gasteiger partial charge on any atom is 0.0412 e. The molecule has 0 amide bonds. The molecule has 2 aromatic rings. The minimum atomic E-state index is 0.446. The first kappa shape index (κ1) is 14.9. The number of benzene rings is 2. The van der Waals surface area contributed by atoms with Crippen LogP contribution in [0.25, 0.3) is 6.08 Å². The monoisotopic (exact) mass is 292 g/mol. The Morgan fingerprint density at radius 3 is 2.73 bits per heavy atom. The van der Waals surface area contributed by atoms with Gasteiger partial charge in [0, 0.05) is 31.9 Å². The van der Waals surface area contributed by atoms with Gasteiger partial charge in [-0.05, 0) is 30.0 Å². The summed E-state index contributed by atoms with van der Waals surface area (Å²) >= 11 is 0. The van der Waals surface area contributed by atoms with Gasteiger partial charge in [0.15, 0.2) is 0 Å². The SMILES string of the molecule is CN1CCCC(NC/C=C/c2ccccc2)c2ccccc21. The van der Waals surface area contributed by atoms with E-state index in [-0.39, 0.29) is 0 Å². The zero-order chi connectivity index (χ0) is 15.2. The lowest BCUT2D eigenvalue weighted by molar-refractivity contribution is 0.523. The van der Waals surface area contributed by atoms with Crippen molar-refractivity contribution in [3.63, 3.8) is 0 Å². The summed E-state index contributed by atoms with van der Waals surface area (Å²) in [4.78, 5) is 2.37. The molecule has 3 rings (SSSR count). The van der Waals surface area contributed by atoms with Gasteiger partial charge in [-0.2, -0.15) is 0 Å². The Bertz CT molecular complexity index is 619. The average molecular weight is 292 g/mol. The van der Waals surface area contributed by atoms with Crippen LogP contribution in [0.3, 0.4) is 0 Å². The standard InChI is InChI=1S/C20H24N2/c1-22-16-8-13-19(18-12-5-6-14-20(18)22)21-15-7-11-17-9-3-2-4-10-17/h2-7,9-12,14,19,21H,8,13,15-16H2,1H3/b11-7+. The number of hydrogen-bond donors (Lipinski definition) is 1. The first-order chi connectivity index (χ1) is 10.8. The minimum Gasteiger partial charge on any atom is -0.374 e. The zero-order valence-electron chi connectivity index (χ0n) is 13.2. The van der Waals surface area contributed by atoms with Crippen molar-refractivity contribution in [2.75, 3.05) is 25.0 Å². The molecular formula is C20H24N2. The Labute approximate surface area is 133 Å². The predicted octanol–water partition coefficient (Wildman–Crippen LogP) is 4.26. The number of nitrogens with one attached hydrogen (secondary N) is 1. The molecule has 1 unspecified atom stereocenters. The molecule has 0 spiro atoms. The Morgan fingerprint density at radius 1 is 1.09 bits per heavy atom. The molecule has 2 nitrogen and oxygen atoms in total. The molecule has 0 fully saturated rings. The molecule has 2 heteroatoms. The van der Waals surface area contributed by atoms with Crippen LogP contribution in [0.15, 0.2) is 60.7 Å². The van der Waals surface area contributed by atoms with E-state index in [1.165, 1.54) is 29.7 Å². The van der Waals surface area contributed by atoms with Crippen LogP contribution in [0.5, 0.6) is 0 Å². The third-order valence-electron chi connectivity index (χ3n) is 4.30. The molecule has 0 saturated heterocycles.